The zero-order chi connectivity index (χ0) is 14.8. The van der Waals surface area contributed by atoms with Crippen molar-refractivity contribution < 1.29 is 19.0 Å². The van der Waals surface area contributed by atoms with E-state index in [9.17, 15) is 4.79 Å². The fourth-order valence-electron chi connectivity index (χ4n) is 2.21. The molecule has 20 heavy (non-hydrogen) atoms. The van der Waals surface area contributed by atoms with Gasteiger partial charge in [0.25, 0.3) is 0 Å². The molecule has 0 aliphatic carbocycles. The first kappa shape index (κ1) is 17.0. The summed E-state index contributed by atoms with van der Waals surface area (Å²) in [4.78, 5) is 11.7. The lowest BCUT2D eigenvalue weighted by Crippen LogP contribution is -2.32. The molecule has 1 fully saturated rings. The highest BCUT2D eigenvalue weighted by Gasteiger charge is 2.27. The number of hydrogen-bond acceptors (Lipinski definition) is 4. The summed E-state index contributed by atoms with van der Waals surface area (Å²) in [7, 11) is 0. The van der Waals surface area contributed by atoms with Crippen LogP contribution in [-0.4, -0.2) is 31.1 Å². The molecule has 0 N–H and O–H groups in total. The van der Waals surface area contributed by atoms with E-state index in [0.29, 0.717) is 13.2 Å². The van der Waals surface area contributed by atoms with Crippen molar-refractivity contribution in [2.45, 2.75) is 64.8 Å². The van der Waals surface area contributed by atoms with Gasteiger partial charge in [0.2, 0.25) is 0 Å². The maximum absolute atomic E-state index is 11.7. The van der Waals surface area contributed by atoms with Crippen molar-refractivity contribution in [2.75, 3.05) is 13.2 Å². The Bertz CT molecular complexity index is 337. The van der Waals surface area contributed by atoms with Crippen molar-refractivity contribution in [1.29, 1.82) is 0 Å². The highest BCUT2D eigenvalue weighted by molar-refractivity contribution is 5.82. The van der Waals surface area contributed by atoms with Gasteiger partial charge in [-0.25, -0.2) is 4.79 Å². The molecule has 1 heterocycles. The predicted octanol–water partition coefficient (Wildman–Crippen LogP) is 3.36. The van der Waals surface area contributed by atoms with Crippen molar-refractivity contribution in [1.82, 2.24) is 0 Å². The van der Waals surface area contributed by atoms with Gasteiger partial charge in [-0.2, -0.15) is 0 Å². The van der Waals surface area contributed by atoms with Crippen LogP contribution in [0.3, 0.4) is 0 Å². The van der Waals surface area contributed by atoms with Gasteiger partial charge < -0.3 is 14.2 Å². The first-order chi connectivity index (χ1) is 9.65. The molecule has 0 aromatic carbocycles. The van der Waals surface area contributed by atoms with Gasteiger partial charge in [-0.1, -0.05) is 20.8 Å². The van der Waals surface area contributed by atoms with Crippen LogP contribution in [-0.2, 0) is 19.0 Å². The average molecular weight is 282 g/mol. The molecule has 0 unspecified atom stereocenters. The van der Waals surface area contributed by atoms with E-state index >= 15 is 0 Å². The molecule has 0 aromatic heterocycles. The van der Waals surface area contributed by atoms with Crippen molar-refractivity contribution in [3.63, 3.8) is 0 Å². The normalized spacial score (nSPS) is 15.8. The van der Waals surface area contributed by atoms with E-state index in [2.05, 4.69) is 5.73 Å². The smallest absolute Gasteiger partial charge is 0.339 e. The summed E-state index contributed by atoms with van der Waals surface area (Å²) in [6.07, 6.45) is 7.14. The third-order valence-corrected chi connectivity index (χ3v) is 3.81. The van der Waals surface area contributed by atoms with Gasteiger partial charge in [0.1, 0.15) is 5.60 Å². The Morgan fingerprint density at radius 3 is 2.40 bits per heavy atom. The van der Waals surface area contributed by atoms with Crippen LogP contribution in [0, 0.1) is 0 Å². The van der Waals surface area contributed by atoms with Crippen molar-refractivity contribution in [3.05, 3.63) is 17.9 Å². The maximum Gasteiger partial charge on any atom is 0.339 e. The fraction of sp³-hybridized carbons (Fsp3) is 0.750. The molecule has 0 atom stereocenters. The third kappa shape index (κ3) is 5.49. The summed E-state index contributed by atoms with van der Waals surface area (Å²) in [5.41, 5.74) is 2.54. The van der Waals surface area contributed by atoms with E-state index in [0.717, 1.165) is 32.1 Å². The highest BCUT2D eigenvalue weighted by Crippen LogP contribution is 2.24. The largest absolute Gasteiger partial charge is 0.456 e. The fourth-order valence-corrected chi connectivity index (χ4v) is 2.21. The zero-order valence-corrected chi connectivity index (χ0v) is 12.8. The van der Waals surface area contributed by atoms with Gasteiger partial charge in [-0.15, -0.1) is 5.73 Å². The summed E-state index contributed by atoms with van der Waals surface area (Å²) in [6.45, 7) is 7.47. The number of rotatable bonds is 8. The van der Waals surface area contributed by atoms with Crippen LogP contribution in [0.25, 0.3) is 0 Å². The van der Waals surface area contributed by atoms with Crippen LogP contribution in [0.4, 0.5) is 0 Å². The van der Waals surface area contributed by atoms with E-state index in [1.54, 1.807) is 0 Å². The molecule has 1 rings (SSSR count). The lowest BCUT2D eigenvalue weighted by Gasteiger charge is -2.29. The highest BCUT2D eigenvalue weighted by atomic mass is 16.7. The van der Waals surface area contributed by atoms with Crippen LogP contribution in [0.15, 0.2) is 17.9 Å². The van der Waals surface area contributed by atoms with E-state index < -0.39 is 0 Å². The monoisotopic (exact) mass is 282 g/mol. The Kier molecular flexibility index (Phi) is 7.60. The van der Waals surface area contributed by atoms with Gasteiger partial charge in [0.15, 0.2) is 6.29 Å². The van der Waals surface area contributed by atoms with Crippen molar-refractivity contribution in [2.24, 2.45) is 0 Å². The summed E-state index contributed by atoms with van der Waals surface area (Å²) >= 11 is 0. The Morgan fingerprint density at radius 2 is 1.85 bits per heavy atom. The standard InChI is InChI=1S/C16H26O4/c1-4-16(5-2,6-3)20-14(17)10-8-7-9-11-15-18-12-13-19-15/h7,10,15H,4-6,9,11-13H2,1-3H3. The Labute approximate surface area is 121 Å². The third-order valence-electron chi connectivity index (χ3n) is 3.81. The molecular formula is C16H26O4. The topological polar surface area (TPSA) is 44.8 Å². The zero-order valence-electron chi connectivity index (χ0n) is 12.8. The maximum atomic E-state index is 11.7. The molecule has 0 amide bonds. The molecule has 0 saturated carbocycles. The van der Waals surface area contributed by atoms with E-state index in [4.69, 9.17) is 14.2 Å². The molecule has 4 heteroatoms. The quantitative estimate of drug-likeness (QED) is 0.389. The van der Waals surface area contributed by atoms with Gasteiger partial charge in [-0.05, 0) is 31.8 Å². The minimum atomic E-state index is -0.333. The number of esters is 1. The van der Waals surface area contributed by atoms with E-state index in [-0.39, 0.29) is 17.9 Å². The molecular weight excluding hydrogens is 256 g/mol. The average Bonchev–Trinajstić information content (AvgIpc) is 2.98. The number of carbonyl (C=O) groups is 1. The number of hydrogen-bond donors (Lipinski definition) is 0. The molecule has 1 saturated heterocycles. The number of carbonyl (C=O) groups excluding carboxylic acids is 1. The first-order valence-electron chi connectivity index (χ1n) is 7.53. The molecule has 0 spiro atoms. The summed E-state index contributed by atoms with van der Waals surface area (Å²) < 4.78 is 16.2. The number of ether oxygens (including phenoxy) is 3. The second kappa shape index (κ2) is 8.96. The summed E-state index contributed by atoms with van der Waals surface area (Å²) in [5.74, 6) is -0.319. The predicted molar refractivity (Wildman–Crippen MR) is 77.3 cm³/mol. The second-order valence-corrected chi connectivity index (χ2v) is 4.93. The lowest BCUT2D eigenvalue weighted by molar-refractivity contribution is -0.154. The Hall–Kier alpha value is -1.09. The molecule has 0 aromatic rings. The second-order valence-electron chi connectivity index (χ2n) is 4.93. The molecule has 4 nitrogen and oxygen atoms in total. The molecule has 1 aliphatic rings. The Balaban J connectivity index is 2.34. The van der Waals surface area contributed by atoms with Crippen LogP contribution in [0.2, 0.25) is 0 Å². The first-order valence-corrected chi connectivity index (χ1v) is 7.53. The lowest BCUT2D eigenvalue weighted by atomic mass is 9.94. The van der Waals surface area contributed by atoms with Crippen LogP contribution >= 0.6 is 0 Å². The van der Waals surface area contributed by atoms with Gasteiger partial charge in [-0.3, -0.25) is 0 Å². The SMILES string of the molecule is CCC(CC)(CC)OC(=O)C=C=CCCC1OCCO1. The molecule has 1 aliphatic heterocycles. The minimum absolute atomic E-state index is 0.104. The summed E-state index contributed by atoms with van der Waals surface area (Å²) in [6, 6.07) is 0. The Morgan fingerprint density at radius 1 is 1.25 bits per heavy atom. The van der Waals surface area contributed by atoms with E-state index in [1.165, 1.54) is 6.08 Å². The van der Waals surface area contributed by atoms with Crippen LogP contribution < -0.4 is 0 Å². The molecule has 114 valence electrons. The van der Waals surface area contributed by atoms with Gasteiger partial charge in [0, 0.05) is 6.42 Å². The van der Waals surface area contributed by atoms with Gasteiger partial charge in [0.05, 0.1) is 19.3 Å². The summed E-state index contributed by atoms with van der Waals surface area (Å²) in [5, 5.41) is 0. The van der Waals surface area contributed by atoms with E-state index in [1.807, 2.05) is 26.8 Å². The van der Waals surface area contributed by atoms with Crippen LogP contribution in [0.5, 0.6) is 0 Å². The van der Waals surface area contributed by atoms with Crippen LogP contribution in [0.1, 0.15) is 52.9 Å². The van der Waals surface area contributed by atoms with Crippen molar-refractivity contribution in [3.8, 4) is 0 Å². The van der Waals surface area contributed by atoms with Crippen molar-refractivity contribution >= 4 is 5.97 Å². The minimum Gasteiger partial charge on any atom is -0.456 e. The van der Waals surface area contributed by atoms with Gasteiger partial charge >= 0.3 is 5.97 Å². The molecule has 0 bridgehead atoms. The molecule has 0 radical (unpaired) electrons.